The molecule has 0 aliphatic carbocycles. The summed E-state index contributed by atoms with van der Waals surface area (Å²) in [5, 5.41) is 7.48. The van der Waals surface area contributed by atoms with E-state index in [2.05, 4.69) is 128 Å². The molecule has 1 aliphatic rings. The summed E-state index contributed by atoms with van der Waals surface area (Å²) in [6, 6.07) is 45.8. The van der Waals surface area contributed by atoms with Crippen LogP contribution < -0.4 is 4.74 Å². The van der Waals surface area contributed by atoms with E-state index in [9.17, 15) is 0 Å². The number of benzene rings is 7. The monoisotopic (exact) mass is 484 g/mol. The van der Waals surface area contributed by atoms with E-state index in [4.69, 9.17) is 4.74 Å². The third-order valence-corrected chi connectivity index (χ3v) is 8.01. The van der Waals surface area contributed by atoms with E-state index >= 15 is 0 Å². The molecule has 0 saturated carbocycles. The van der Waals surface area contributed by atoms with Gasteiger partial charge in [-0.2, -0.15) is 0 Å². The van der Waals surface area contributed by atoms with Crippen LogP contribution in [0.15, 0.2) is 127 Å². The lowest BCUT2D eigenvalue weighted by Gasteiger charge is -2.24. The van der Waals surface area contributed by atoms with E-state index in [0.717, 1.165) is 17.1 Å². The molecular weight excluding hydrogens is 460 g/mol. The molecule has 0 amide bonds. The van der Waals surface area contributed by atoms with Gasteiger partial charge < -0.3 is 4.74 Å². The molecule has 7 aromatic rings. The van der Waals surface area contributed by atoms with Crippen molar-refractivity contribution in [2.24, 2.45) is 0 Å². The molecule has 1 heterocycles. The summed E-state index contributed by atoms with van der Waals surface area (Å²) >= 11 is 0. The maximum absolute atomic E-state index is 6.41. The van der Waals surface area contributed by atoms with Crippen LogP contribution >= 0.6 is 0 Å². The van der Waals surface area contributed by atoms with Gasteiger partial charge in [-0.3, -0.25) is 0 Å². The van der Waals surface area contributed by atoms with Crippen LogP contribution in [0.1, 0.15) is 5.56 Å². The molecular formula is C37H24O. The summed E-state index contributed by atoms with van der Waals surface area (Å²) in [5.41, 5.74) is 8.76. The summed E-state index contributed by atoms with van der Waals surface area (Å²) in [6.07, 6.45) is 0. The molecule has 0 spiro atoms. The SMILES string of the molecule is Cc1ccccc1-c1c2ccccc2c(-c2ccc3c4c(cccc24)Oc2ccccc2-3)c2ccccc12. The lowest BCUT2D eigenvalue weighted by Crippen LogP contribution is -1.98. The van der Waals surface area contributed by atoms with E-state index in [1.807, 2.05) is 6.07 Å². The first-order valence-corrected chi connectivity index (χ1v) is 13.1. The van der Waals surface area contributed by atoms with Crippen LogP contribution in [0.2, 0.25) is 0 Å². The van der Waals surface area contributed by atoms with Crippen LogP contribution in [0.4, 0.5) is 0 Å². The van der Waals surface area contributed by atoms with Crippen molar-refractivity contribution in [3.05, 3.63) is 133 Å². The second kappa shape index (κ2) is 8.06. The second-order valence-electron chi connectivity index (χ2n) is 10.1. The van der Waals surface area contributed by atoms with E-state index < -0.39 is 0 Å². The van der Waals surface area contributed by atoms with Gasteiger partial charge in [-0.25, -0.2) is 0 Å². The Morgan fingerprint density at radius 3 is 1.55 bits per heavy atom. The Balaban J connectivity index is 1.53. The maximum Gasteiger partial charge on any atom is 0.135 e. The Morgan fingerprint density at radius 1 is 0.368 bits per heavy atom. The number of para-hydroxylation sites is 1. The normalized spacial score (nSPS) is 12.0. The van der Waals surface area contributed by atoms with Gasteiger partial charge in [0.25, 0.3) is 0 Å². The highest BCUT2D eigenvalue weighted by Crippen LogP contribution is 2.51. The number of ether oxygens (including phenoxy) is 1. The summed E-state index contributed by atoms with van der Waals surface area (Å²) < 4.78 is 6.41. The average molecular weight is 485 g/mol. The first-order chi connectivity index (χ1) is 18.8. The molecule has 0 N–H and O–H groups in total. The molecule has 0 saturated heterocycles. The summed E-state index contributed by atoms with van der Waals surface area (Å²) in [6.45, 7) is 2.21. The molecule has 1 heteroatoms. The second-order valence-corrected chi connectivity index (χ2v) is 10.1. The third kappa shape index (κ3) is 2.93. The molecule has 0 fully saturated rings. The van der Waals surface area contributed by atoms with Crippen LogP contribution in [-0.2, 0) is 0 Å². The molecule has 38 heavy (non-hydrogen) atoms. The Kier molecular flexibility index (Phi) is 4.50. The van der Waals surface area contributed by atoms with Crippen LogP contribution in [0, 0.1) is 6.92 Å². The largest absolute Gasteiger partial charge is 0.456 e. The summed E-state index contributed by atoms with van der Waals surface area (Å²) in [5.74, 6) is 1.84. The van der Waals surface area contributed by atoms with Crippen molar-refractivity contribution in [2.45, 2.75) is 6.92 Å². The lowest BCUT2D eigenvalue weighted by molar-refractivity contribution is 0.487. The number of rotatable bonds is 2. The van der Waals surface area contributed by atoms with Gasteiger partial charge in [0.15, 0.2) is 0 Å². The topological polar surface area (TPSA) is 9.23 Å². The highest BCUT2D eigenvalue weighted by atomic mass is 16.5. The van der Waals surface area contributed by atoms with Crippen LogP contribution in [0.3, 0.4) is 0 Å². The Morgan fingerprint density at radius 2 is 0.868 bits per heavy atom. The lowest BCUT2D eigenvalue weighted by atomic mass is 9.83. The predicted octanol–water partition coefficient (Wildman–Crippen LogP) is 10.6. The van der Waals surface area contributed by atoms with Gasteiger partial charge in [-0.15, -0.1) is 0 Å². The predicted molar refractivity (Wildman–Crippen MR) is 160 cm³/mol. The first-order valence-electron chi connectivity index (χ1n) is 13.1. The van der Waals surface area contributed by atoms with Gasteiger partial charge >= 0.3 is 0 Å². The molecule has 1 nitrogen and oxygen atoms in total. The van der Waals surface area contributed by atoms with Crippen LogP contribution in [0.5, 0.6) is 11.5 Å². The molecule has 178 valence electrons. The molecule has 1 aliphatic heterocycles. The minimum Gasteiger partial charge on any atom is -0.456 e. The molecule has 0 radical (unpaired) electrons. The molecule has 0 bridgehead atoms. The number of aryl methyl sites for hydroxylation is 1. The third-order valence-electron chi connectivity index (χ3n) is 8.01. The van der Waals surface area contributed by atoms with Crippen molar-refractivity contribution in [1.29, 1.82) is 0 Å². The summed E-state index contributed by atoms with van der Waals surface area (Å²) in [7, 11) is 0. The minimum absolute atomic E-state index is 0.915. The molecule has 8 rings (SSSR count). The molecule has 0 aromatic heterocycles. The van der Waals surface area contributed by atoms with Crippen molar-refractivity contribution >= 4 is 32.3 Å². The van der Waals surface area contributed by atoms with Gasteiger partial charge in [-0.1, -0.05) is 115 Å². The van der Waals surface area contributed by atoms with Crippen molar-refractivity contribution in [2.75, 3.05) is 0 Å². The standard InChI is InChI=1S/C37H24O/c1-23-11-2-3-12-24(23)35-26-14-4-6-16-28(26)36(29-17-7-5-15-27(29)35)32-22-21-31-25-13-8-9-19-33(25)38-34-20-10-18-30(32)37(31)34/h2-22H,1H3. The van der Waals surface area contributed by atoms with Crippen molar-refractivity contribution in [1.82, 2.24) is 0 Å². The molecule has 0 unspecified atom stereocenters. The Labute approximate surface area is 221 Å². The minimum atomic E-state index is 0.915. The van der Waals surface area contributed by atoms with Gasteiger partial charge in [-0.05, 0) is 79.4 Å². The van der Waals surface area contributed by atoms with E-state index in [1.165, 1.54) is 65.7 Å². The Bertz CT molecular complexity index is 2010. The summed E-state index contributed by atoms with van der Waals surface area (Å²) in [4.78, 5) is 0. The number of hydrogen-bond donors (Lipinski definition) is 0. The highest BCUT2D eigenvalue weighted by molar-refractivity contribution is 6.24. The van der Waals surface area contributed by atoms with Gasteiger partial charge in [0.1, 0.15) is 11.5 Å². The van der Waals surface area contributed by atoms with Crippen LogP contribution in [-0.4, -0.2) is 0 Å². The zero-order valence-corrected chi connectivity index (χ0v) is 21.0. The molecule has 7 aromatic carbocycles. The zero-order chi connectivity index (χ0) is 25.2. The van der Waals surface area contributed by atoms with Crippen molar-refractivity contribution in [3.63, 3.8) is 0 Å². The van der Waals surface area contributed by atoms with Crippen molar-refractivity contribution < 1.29 is 4.74 Å². The van der Waals surface area contributed by atoms with E-state index in [0.29, 0.717) is 0 Å². The number of fused-ring (bicyclic) bond motifs is 4. The fraction of sp³-hybridized carbons (Fsp3) is 0.0270. The number of hydrogen-bond acceptors (Lipinski definition) is 1. The fourth-order valence-corrected chi connectivity index (χ4v) is 6.36. The highest BCUT2D eigenvalue weighted by Gasteiger charge is 2.23. The van der Waals surface area contributed by atoms with E-state index in [1.54, 1.807) is 0 Å². The zero-order valence-electron chi connectivity index (χ0n) is 21.0. The molecule has 0 atom stereocenters. The van der Waals surface area contributed by atoms with Gasteiger partial charge in [0.2, 0.25) is 0 Å². The van der Waals surface area contributed by atoms with Crippen molar-refractivity contribution in [3.8, 4) is 44.9 Å². The van der Waals surface area contributed by atoms with Gasteiger partial charge in [0, 0.05) is 10.9 Å². The van der Waals surface area contributed by atoms with Crippen LogP contribution in [0.25, 0.3) is 65.7 Å². The first kappa shape index (κ1) is 21.2. The van der Waals surface area contributed by atoms with Gasteiger partial charge in [0.05, 0.1) is 0 Å². The average Bonchev–Trinajstić information content (AvgIpc) is 2.97. The quantitative estimate of drug-likeness (QED) is 0.222. The van der Waals surface area contributed by atoms with E-state index in [-0.39, 0.29) is 0 Å². The fourth-order valence-electron chi connectivity index (χ4n) is 6.36. The Hall–Kier alpha value is -4.88. The maximum atomic E-state index is 6.41. The smallest absolute Gasteiger partial charge is 0.135 e.